The number of aromatic nitrogens is 2. The Hall–Kier alpha value is -3.02. The predicted octanol–water partition coefficient (Wildman–Crippen LogP) is 2.90. The number of fused-ring (bicyclic) bond motifs is 1. The van der Waals surface area contributed by atoms with E-state index in [1.807, 2.05) is 31.2 Å². The Morgan fingerprint density at radius 1 is 1.21 bits per heavy atom. The van der Waals surface area contributed by atoms with E-state index in [9.17, 15) is 4.79 Å². The fraction of sp³-hybridized carbons (Fsp3) is 0.222. The molecule has 0 aliphatic carbocycles. The zero-order chi connectivity index (χ0) is 16.9. The van der Waals surface area contributed by atoms with Gasteiger partial charge in [0.25, 0.3) is 5.91 Å². The van der Waals surface area contributed by atoms with Crippen molar-refractivity contribution in [1.29, 1.82) is 0 Å². The Morgan fingerprint density at radius 2 is 2.04 bits per heavy atom. The number of carbonyl (C=O) groups is 1. The van der Waals surface area contributed by atoms with Crippen LogP contribution in [0.5, 0.6) is 11.5 Å². The topological polar surface area (TPSA) is 76.2 Å². The van der Waals surface area contributed by atoms with Gasteiger partial charge in [0.2, 0.25) is 0 Å². The highest BCUT2D eigenvalue weighted by atomic mass is 16.5. The van der Waals surface area contributed by atoms with Crippen LogP contribution in [0.15, 0.2) is 42.5 Å². The number of hydrogen-bond acceptors (Lipinski definition) is 4. The van der Waals surface area contributed by atoms with Crippen molar-refractivity contribution in [3.05, 3.63) is 53.9 Å². The lowest BCUT2D eigenvalue weighted by molar-refractivity contribution is 0.0949. The zero-order valence-corrected chi connectivity index (χ0v) is 13.6. The van der Waals surface area contributed by atoms with Crippen molar-refractivity contribution in [3.8, 4) is 11.5 Å². The van der Waals surface area contributed by atoms with Gasteiger partial charge in [-0.05, 0) is 37.3 Å². The minimum absolute atomic E-state index is 0.195. The molecular formula is C18H19N3O3. The summed E-state index contributed by atoms with van der Waals surface area (Å²) in [5, 5.41) is 2.85. The molecule has 6 heteroatoms. The Kier molecular flexibility index (Phi) is 4.65. The maximum atomic E-state index is 12.3. The molecule has 1 amide bonds. The normalized spacial score (nSPS) is 10.6. The number of methoxy groups -OCH3 is 1. The minimum Gasteiger partial charge on any atom is -0.493 e. The van der Waals surface area contributed by atoms with Crippen molar-refractivity contribution in [3.63, 3.8) is 0 Å². The van der Waals surface area contributed by atoms with Gasteiger partial charge in [0, 0.05) is 5.56 Å². The molecule has 24 heavy (non-hydrogen) atoms. The molecule has 2 N–H and O–H groups in total. The van der Waals surface area contributed by atoms with E-state index in [0.717, 1.165) is 11.0 Å². The van der Waals surface area contributed by atoms with Gasteiger partial charge < -0.3 is 19.8 Å². The second-order valence-electron chi connectivity index (χ2n) is 5.18. The number of nitrogens with zero attached hydrogens (tertiary/aromatic N) is 1. The molecule has 6 nitrogen and oxygen atoms in total. The van der Waals surface area contributed by atoms with Gasteiger partial charge in [-0.2, -0.15) is 0 Å². The van der Waals surface area contributed by atoms with E-state index in [-0.39, 0.29) is 5.91 Å². The van der Waals surface area contributed by atoms with Crippen LogP contribution < -0.4 is 14.8 Å². The quantitative estimate of drug-likeness (QED) is 0.730. The lowest BCUT2D eigenvalue weighted by Crippen LogP contribution is -2.23. The van der Waals surface area contributed by atoms with Crippen molar-refractivity contribution in [2.24, 2.45) is 0 Å². The summed E-state index contributed by atoms with van der Waals surface area (Å²) in [4.78, 5) is 20.0. The third-order valence-electron chi connectivity index (χ3n) is 3.58. The number of aromatic amines is 1. The molecule has 0 radical (unpaired) electrons. The summed E-state index contributed by atoms with van der Waals surface area (Å²) in [7, 11) is 1.57. The van der Waals surface area contributed by atoms with E-state index < -0.39 is 0 Å². The summed E-state index contributed by atoms with van der Waals surface area (Å²) in [6, 6.07) is 12.8. The van der Waals surface area contributed by atoms with Crippen molar-refractivity contribution in [1.82, 2.24) is 15.3 Å². The molecule has 0 unspecified atom stereocenters. The van der Waals surface area contributed by atoms with E-state index in [1.54, 1.807) is 25.3 Å². The average molecular weight is 325 g/mol. The van der Waals surface area contributed by atoms with Crippen molar-refractivity contribution >= 4 is 16.9 Å². The average Bonchev–Trinajstić information content (AvgIpc) is 3.03. The predicted molar refractivity (Wildman–Crippen MR) is 91.4 cm³/mol. The van der Waals surface area contributed by atoms with Crippen LogP contribution in [0.1, 0.15) is 23.1 Å². The Bertz CT molecular complexity index is 825. The molecule has 3 rings (SSSR count). The molecule has 2 aromatic carbocycles. The second kappa shape index (κ2) is 7.04. The lowest BCUT2D eigenvalue weighted by atomic mass is 10.2. The van der Waals surface area contributed by atoms with E-state index in [2.05, 4.69) is 15.3 Å². The summed E-state index contributed by atoms with van der Waals surface area (Å²) in [6.07, 6.45) is 0. The molecule has 0 fully saturated rings. The van der Waals surface area contributed by atoms with Crippen LogP contribution in [-0.2, 0) is 6.54 Å². The maximum absolute atomic E-state index is 12.3. The minimum atomic E-state index is -0.195. The number of hydrogen-bond donors (Lipinski definition) is 2. The van der Waals surface area contributed by atoms with Crippen molar-refractivity contribution in [2.75, 3.05) is 13.7 Å². The fourth-order valence-corrected chi connectivity index (χ4v) is 2.44. The number of nitrogens with one attached hydrogen (secondary N) is 2. The molecule has 0 atom stereocenters. The molecule has 0 aliphatic heterocycles. The summed E-state index contributed by atoms with van der Waals surface area (Å²) in [5.41, 5.74) is 2.34. The molecule has 124 valence electrons. The lowest BCUT2D eigenvalue weighted by Gasteiger charge is -2.11. The van der Waals surface area contributed by atoms with Gasteiger partial charge in [-0.1, -0.05) is 12.1 Å². The van der Waals surface area contributed by atoms with Crippen LogP contribution in [-0.4, -0.2) is 29.6 Å². The second-order valence-corrected chi connectivity index (χ2v) is 5.18. The summed E-state index contributed by atoms with van der Waals surface area (Å²) >= 11 is 0. The first kappa shape index (κ1) is 15.9. The van der Waals surface area contributed by atoms with Gasteiger partial charge in [0.1, 0.15) is 5.82 Å². The van der Waals surface area contributed by atoms with Crippen LogP contribution in [0.2, 0.25) is 0 Å². The number of amides is 1. The third kappa shape index (κ3) is 3.32. The van der Waals surface area contributed by atoms with Crippen LogP contribution in [0.3, 0.4) is 0 Å². The molecule has 0 saturated carbocycles. The van der Waals surface area contributed by atoms with Crippen LogP contribution in [0, 0.1) is 0 Å². The summed E-state index contributed by atoms with van der Waals surface area (Å²) in [5.74, 6) is 1.67. The number of carbonyl (C=O) groups excluding carboxylic acids is 1. The first-order valence-corrected chi connectivity index (χ1v) is 7.74. The van der Waals surface area contributed by atoms with E-state index in [4.69, 9.17) is 9.47 Å². The molecular weight excluding hydrogens is 306 g/mol. The van der Waals surface area contributed by atoms with Crippen LogP contribution >= 0.6 is 0 Å². The van der Waals surface area contributed by atoms with Gasteiger partial charge in [0.05, 0.1) is 31.3 Å². The Balaban J connectivity index is 1.71. The molecule has 0 saturated heterocycles. The Labute approximate surface area is 139 Å². The monoisotopic (exact) mass is 325 g/mol. The van der Waals surface area contributed by atoms with Gasteiger partial charge in [-0.15, -0.1) is 0 Å². The van der Waals surface area contributed by atoms with Gasteiger partial charge in [0.15, 0.2) is 11.5 Å². The van der Waals surface area contributed by atoms with Crippen LogP contribution in [0.4, 0.5) is 0 Å². The highest BCUT2D eigenvalue weighted by Crippen LogP contribution is 2.28. The number of imidazole rings is 1. The number of para-hydroxylation sites is 2. The van der Waals surface area contributed by atoms with Crippen molar-refractivity contribution < 1.29 is 14.3 Å². The molecule has 1 heterocycles. The number of H-pyrrole nitrogens is 1. The standard InChI is InChI=1S/C18H19N3O3/c1-3-24-16-10-12(8-9-15(16)23-2)18(22)19-11-17-20-13-6-4-5-7-14(13)21-17/h4-10H,3,11H2,1-2H3,(H,19,22)(H,20,21). The SMILES string of the molecule is CCOc1cc(C(=O)NCc2nc3ccccc3[nH]2)ccc1OC. The third-order valence-corrected chi connectivity index (χ3v) is 3.58. The van der Waals surface area contributed by atoms with E-state index in [1.165, 1.54) is 0 Å². The molecule has 0 bridgehead atoms. The zero-order valence-electron chi connectivity index (χ0n) is 13.6. The number of rotatable bonds is 6. The number of ether oxygens (including phenoxy) is 2. The number of benzene rings is 2. The molecule has 0 spiro atoms. The summed E-state index contributed by atoms with van der Waals surface area (Å²) < 4.78 is 10.7. The fourth-order valence-electron chi connectivity index (χ4n) is 2.44. The van der Waals surface area contributed by atoms with E-state index in [0.29, 0.717) is 36.0 Å². The van der Waals surface area contributed by atoms with Gasteiger partial charge in [-0.25, -0.2) is 4.98 Å². The first-order chi connectivity index (χ1) is 11.7. The highest BCUT2D eigenvalue weighted by Gasteiger charge is 2.11. The molecule has 0 aliphatic rings. The maximum Gasteiger partial charge on any atom is 0.251 e. The Morgan fingerprint density at radius 3 is 2.79 bits per heavy atom. The van der Waals surface area contributed by atoms with Gasteiger partial charge in [-0.3, -0.25) is 4.79 Å². The largest absolute Gasteiger partial charge is 0.493 e. The summed E-state index contributed by atoms with van der Waals surface area (Å²) in [6.45, 7) is 2.71. The first-order valence-electron chi connectivity index (χ1n) is 7.74. The highest BCUT2D eigenvalue weighted by molar-refractivity contribution is 5.94. The smallest absolute Gasteiger partial charge is 0.251 e. The molecule has 3 aromatic rings. The van der Waals surface area contributed by atoms with E-state index >= 15 is 0 Å². The van der Waals surface area contributed by atoms with Crippen LogP contribution in [0.25, 0.3) is 11.0 Å². The van der Waals surface area contributed by atoms with Gasteiger partial charge >= 0.3 is 0 Å². The molecule has 1 aromatic heterocycles. The van der Waals surface area contributed by atoms with Crippen molar-refractivity contribution in [2.45, 2.75) is 13.5 Å².